The number of aliphatic hydroxyl groups is 7. The first-order valence-corrected chi connectivity index (χ1v) is 34.0. The molecule has 25 atom stereocenters. The Morgan fingerprint density at radius 2 is 0.698 bits per heavy atom. The van der Waals surface area contributed by atoms with Gasteiger partial charge in [0.05, 0.1) is 32.0 Å². The van der Waals surface area contributed by atoms with Crippen molar-refractivity contribution in [3.63, 3.8) is 0 Å². The maximum absolute atomic E-state index is 12.6. The smallest absolute Gasteiger partial charge is 0.388 e. The van der Waals surface area contributed by atoms with Crippen LogP contribution in [0.3, 0.4) is 0 Å². The quantitative estimate of drug-likeness (QED) is 0.0340. The standard InChI is InChI=1S/C30H55N3O45S8/c1-6-20(73-27-12(32-80(44,45)46)15(35)14(34)8(71-27)3-65-82(50,51)52)17(37)18(38)29(68-6)76-23-10(5-67-84(56,57)58)72-28(13(33-81(47,48)49)24(23)77-85(59,60)61)74-21-7(2)69-30(25(19(21)39)78-86(62,63)64)75-22-9(4-66-83(53,54)55)70-26(40)11(16(22)36)31-79(41,42)43/h6-40H,3-5H2,1-2H3,(H,41,42,43)(H,44,45,46)(H,47,48,49)(H,50,51,52)(H,53,54,55)(H,56,57,58)(H,59,60,61)(H,62,63,64)/t6?,7?,8?,9?,10?,11?,12?,13?,14-,15-,16-,17-,18?,19-,20-,21-,22-,23-,24-,25?,26-,27+,28-,29+,30+/m1/s1. The molecule has 56 heteroatoms. The van der Waals surface area contributed by atoms with E-state index in [0.717, 1.165) is 13.8 Å². The lowest BCUT2D eigenvalue weighted by Gasteiger charge is -2.50. The van der Waals surface area contributed by atoms with Crippen molar-refractivity contribution >= 4 is 82.9 Å². The van der Waals surface area contributed by atoms with Crippen LogP contribution in [0.25, 0.3) is 0 Å². The molecule has 0 spiro atoms. The van der Waals surface area contributed by atoms with Crippen molar-refractivity contribution in [2.24, 2.45) is 0 Å². The molecule has 0 radical (unpaired) electrons. The van der Waals surface area contributed by atoms with Gasteiger partial charge in [-0.1, -0.05) is 0 Å². The highest BCUT2D eigenvalue weighted by Gasteiger charge is 2.59. The van der Waals surface area contributed by atoms with Gasteiger partial charge < -0.3 is 78.4 Å². The number of nitrogens with one attached hydrogen (secondary N) is 3. The molecule has 0 aromatic carbocycles. The lowest BCUT2D eigenvalue weighted by molar-refractivity contribution is -0.374. The number of ether oxygens (including phenoxy) is 9. The molecule has 5 aliphatic heterocycles. The van der Waals surface area contributed by atoms with E-state index in [1.165, 1.54) is 14.2 Å². The van der Waals surface area contributed by atoms with Crippen LogP contribution < -0.4 is 14.2 Å². The first kappa shape index (κ1) is 75.0. The Morgan fingerprint density at radius 3 is 1.16 bits per heavy atom. The molecule has 48 nitrogen and oxygen atoms in total. The van der Waals surface area contributed by atoms with Gasteiger partial charge >= 0.3 is 82.9 Å². The monoisotopic (exact) mass is 1430 g/mol. The van der Waals surface area contributed by atoms with Crippen molar-refractivity contribution < 1.29 is 203 Å². The van der Waals surface area contributed by atoms with Gasteiger partial charge in [-0.15, -0.1) is 0 Å². The number of aliphatic hydroxyl groups excluding tert-OH is 7. The molecule has 5 fully saturated rings. The third-order valence-corrected chi connectivity index (χ3v) is 16.1. The van der Waals surface area contributed by atoms with Gasteiger partial charge in [0.25, 0.3) is 0 Å². The summed E-state index contributed by atoms with van der Waals surface area (Å²) in [5.41, 5.74) is 0. The van der Waals surface area contributed by atoms with Gasteiger partial charge in [-0.2, -0.15) is 81.5 Å². The van der Waals surface area contributed by atoms with Crippen molar-refractivity contribution in [3.8, 4) is 0 Å². The highest BCUT2D eigenvalue weighted by Crippen LogP contribution is 2.38. The van der Waals surface area contributed by atoms with Crippen LogP contribution in [0.5, 0.6) is 0 Å². The molecule has 86 heavy (non-hydrogen) atoms. The fourth-order valence-electron chi connectivity index (χ4n) is 8.81. The zero-order valence-corrected chi connectivity index (χ0v) is 48.8. The second-order valence-corrected chi connectivity index (χ2v) is 27.3. The fraction of sp³-hybridized carbons (Fsp3) is 1.00. The van der Waals surface area contributed by atoms with Crippen LogP contribution in [0.1, 0.15) is 13.8 Å². The summed E-state index contributed by atoms with van der Waals surface area (Å²) in [6.07, 6.45) is -55.7. The number of hydrogen-bond donors (Lipinski definition) is 18. The van der Waals surface area contributed by atoms with Crippen LogP contribution in [0, 0.1) is 0 Å². The van der Waals surface area contributed by atoms with Crippen molar-refractivity contribution in [2.75, 3.05) is 19.8 Å². The minimum absolute atomic E-state index is 0.803. The Labute approximate surface area is 485 Å². The fourth-order valence-corrected chi connectivity index (χ4v) is 12.5. The lowest BCUT2D eigenvalue weighted by atomic mass is 9.94. The van der Waals surface area contributed by atoms with E-state index < -0.39 is 256 Å². The summed E-state index contributed by atoms with van der Waals surface area (Å²) >= 11 is 0. The Hall–Kier alpha value is -1.68. The summed E-state index contributed by atoms with van der Waals surface area (Å²) in [6.45, 7) is -2.93. The van der Waals surface area contributed by atoms with E-state index in [4.69, 9.17) is 51.7 Å². The molecule has 5 heterocycles. The molecule has 0 aromatic heterocycles. The molecule has 508 valence electrons. The van der Waals surface area contributed by atoms with Crippen LogP contribution in [-0.4, -0.2) is 313 Å². The summed E-state index contributed by atoms with van der Waals surface area (Å²) < 4.78 is 342. The Balaban J connectivity index is 1.52. The van der Waals surface area contributed by atoms with Crippen molar-refractivity contribution in [2.45, 2.75) is 167 Å². The average molecular weight is 1430 g/mol. The molecule has 0 aliphatic carbocycles. The van der Waals surface area contributed by atoms with Crippen molar-refractivity contribution in [1.29, 1.82) is 0 Å². The predicted octanol–water partition coefficient (Wildman–Crippen LogP) is -12.5. The van der Waals surface area contributed by atoms with E-state index in [-0.39, 0.29) is 0 Å². The van der Waals surface area contributed by atoms with Gasteiger partial charge in [-0.25, -0.2) is 20.9 Å². The molecular formula is C30H55N3O45S8. The molecule has 5 rings (SSSR count). The minimum Gasteiger partial charge on any atom is -0.388 e. The third kappa shape index (κ3) is 22.0. The van der Waals surface area contributed by atoms with Crippen molar-refractivity contribution in [3.05, 3.63) is 0 Å². The van der Waals surface area contributed by atoms with Crippen LogP contribution in [0.15, 0.2) is 0 Å². The summed E-state index contributed by atoms with van der Waals surface area (Å²) in [7, 11) is -45.4. The maximum Gasteiger partial charge on any atom is 0.397 e. The van der Waals surface area contributed by atoms with E-state index in [1.807, 2.05) is 0 Å². The molecule has 18 N–H and O–H groups in total. The van der Waals surface area contributed by atoms with Crippen LogP contribution in [-0.2, 0) is 146 Å². The zero-order chi connectivity index (χ0) is 65.6. The number of hydrogen-bond acceptors (Lipinski definition) is 37. The Bertz CT molecular complexity index is 3250. The van der Waals surface area contributed by atoms with E-state index in [2.05, 4.69) is 20.9 Å². The van der Waals surface area contributed by atoms with Crippen LogP contribution in [0.2, 0.25) is 0 Å². The van der Waals surface area contributed by atoms with Gasteiger partial charge in [0, 0.05) is 0 Å². The zero-order valence-electron chi connectivity index (χ0n) is 42.3. The van der Waals surface area contributed by atoms with Gasteiger partial charge in [0.1, 0.15) is 104 Å². The van der Waals surface area contributed by atoms with E-state index in [0.29, 0.717) is 0 Å². The SMILES string of the molecule is CC1O[C@@H](O[C@@H]2C(COS(=O)(=O)O)O[C@H](O[C@@H]3C(C)O[C@@H](O[C@@H]4C(COS(=O)(=O)O)O[C@@H](O)C(NS(=O)(=O)O)[C@H]4O)C(OS(=O)(=O)O)[C@@H]3O)C(NS(=O)(=O)O)[C@H]2OS(=O)(=O)O)C(O)[C@@H](O)[C@@H]1O[C@@H]1OC(COS(=O)(=O)O)[C@@H](O)[C@H](O)C1NS(=O)(=O)O. The summed E-state index contributed by atoms with van der Waals surface area (Å²) in [5, 5.41) is 77.3. The highest BCUT2D eigenvalue weighted by atomic mass is 32.3. The first-order chi connectivity index (χ1) is 38.8. The molecule has 0 saturated carbocycles. The van der Waals surface area contributed by atoms with Gasteiger partial charge in [0.15, 0.2) is 37.6 Å². The topological polar surface area (TPSA) is 742 Å². The lowest BCUT2D eigenvalue weighted by Crippen LogP contribution is -2.70. The third-order valence-electron chi connectivity index (χ3n) is 12.2. The molecular weight excluding hydrogens is 1380 g/mol. The molecule has 10 unspecified atom stereocenters. The second kappa shape index (κ2) is 28.3. The summed E-state index contributed by atoms with van der Waals surface area (Å²) in [5.74, 6) is 0. The van der Waals surface area contributed by atoms with E-state index in [1.54, 1.807) is 0 Å². The highest BCUT2D eigenvalue weighted by molar-refractivity contribution is 7.84. The molecule has 5 saturated heterocycles. The molecule has 0 bridgehead atoms. The Morgan fingerprint density at radius 1 is 0.326 bits per heavy atom. The van der Waals surface area contributed by atoms with Crippen molar-refractivity contribution in [1.82, 2.24) is 14.2 Å². The van der Waals surface area contributed by atoms with E-state index in [9.17, 15) is 130 Å². The summed E-state index contributed by atoms with van der Waals surface area (Å²) in [6, 6.07) is -7.71. The predicted molar refractivity (Wildman–Crippen MR) is 253 cm³/mol. The second-order valence-electron chi connectivity index (χ2n) is 18.4. The summed E-state index contributed by atoms with van der Waals surface area (Å²) in [4.78, 5) is 0. The molecule has 0 aromatic rings. The molecule has 0 amide bonds. The maximum atomic E-state index is 12.6. The normalized spacial score (nSPS) is 40.3. The largest absolute Gasteiger partial charge is 0.397 e. The van der Waals surface area contributed by atoms with Crippen LogP contribution in [0.4, 0.5) is 0 Å². The first-order valence-electron chi connectivity index (χ1n) is 22.9. The van der Waals surface area contributed by atoms with E-state index >= 15 is 0 Å². The average Bonchev–Trinajstić information content (AvgIpc) is 0.886. The van der Waals surface area contributed by atoms with Gasteiger partial charge in [-0.3, -0.25) is 36.4 Å². The minimum atomic E-state index is -6.15. The van der Waals surface area contributed by atoms with Gasteiger partial charge in [-0.05, 0) is 13.8 Å². The van der Waals surface area contributed by atoms with Crippen LogP contribution >= 0.6 is 0 Å². The molecule has 5 aliphatic rings. The van der Waals surface area contributed by atoms with Gasteiger partial charge in [0.2, 0.25) is 0 Å². The number of rotatable bonds is 27. The Kier molecular flexibility index (Phi) is 24.7.